The summed E-state index contributed by atoms with van der Waals surface area (Å²) in [5, 5.41) is 42.4. The number of nitrogens with one attached hydrogen (secondary N) is 4. The number of alkyl carbamates (subject to hydrolysis) is 1. The van der Waals surface area contributed by atoms with Gasteiger partial charge in [-0.15, -0.1) is 0 Å². The quantitative estimate of drug-likeness (QED) is 0.0301. The highest BCUT2D eigenvalue weighted by Gasteiger charge is 2.34. The number of unbranched alkanes of at least 4 members (excludes halogenated alkanes) is 13. The molecule has 1 aromatic carbocycles. The number of aromatic hydroxyl groups is 1. The smallest absolute Gasteiger partial charge is 0.408 e. The maximum absolute atomic E-state index is 13.8. The zero-order valence-corrected chi connectivity index (χ0v) is 38.5. The maximum Gasteiger partial charge on any atom is 0.408 e. The van der Waals surface area contributed by atoms with E-state index in [1.165, 1.54) is 63.9 Å². The number of hydroxylamine groups is 4. The van der Waals surface area contributed by atoms with Crippen molar-refractivity contribution in [3.05, 3.63) is 29.8 Å². The van der Waals surface area contributed by atoms with Gasteiger partial charge in [0.05, 0.1) is 5.56 Å². The lowest BCUT2D eigenvalue weighted by atomic mass is 10.0. The van der Waals surface area contributed by atoms with Crippen LogP contribution in [0.25, 0.3) is 0 Å². The highest BCUT2D eigenvalue weighted by atomic mass is 16.6. The molecule has 18 nitrogen and oxygen atoms in total. The van der Waals surface area contributed by atoms with Crippen LogP contribution in [0.15, 0.2) is 29.3 Å². The van der Waals surface area contributed by atoms with Gasteiger partial charge in [0, 0.05) is 26.1 Å². The third-order valence-corrected chi connectivity index (χ3v) is 11.1. The Kier molecular flexibility index (Phi) is 24.0. The monoisotopic (exact) mass is 902 g/mol. The normalized spacial score (nSPS) is 17.3. The van der Waals surface area contributed by atoms with E-state index in [2.05, 4.69) is 33.2 Å². The van der Waals surface area contributed by atoms with Gasteiger partial charge in [-0.2, -0.15) is 0 Å². The number of hydrogen-bond acceptors (Lipinski definition) is 12. The minimum atomic E-state index is -1.43. The molecule has 360 valence electrons. The molecule has 1 fully saturated rings. The van der Waals surface area contributed by atoms with Crippen LogP contribution in [0.5, 0.6) is 5.75 Å². The number of hydrogen-bond donors (Lipinski definition) is 7. The van der Waals surface area contributed by atoms with Crippen molar-refractivity contribution in [1.29, 1.82) is 0 Å². The minimum absolute atomic E-state index is 0.0114. The Hall–Kier alpha value is -4.97. The van der Waals surface area contributed by atoms with Crippen molar-refractivity contribution in [1.82, 2.24) is 31.4 Å². The minimum Gasteiger partial charge on any atom is -0.507 e. The third-order valence-electron chi connectivity index (χ3n) is 11.1. The molecular formula is C46H75N7O11. The van der Waals surface area contributed by atoms with Crippen LogP contribution < -0.4 is 21.3 Å². The molecule has 0 aliphatic carbocycles. The highest BCUT2D eigenvalue weighted by molar-refractivity contribution is 6.01. The van der Waals surface area contributed by atoms with Gasteiger partial charge in [0.25, 0.3) is 5.91 Å². The van der Waals surface area contributed by atoms with E-state index in [1.807, 2.05) is 0 Å². The van der Waals surface area contributed by atoms with E-state index in [0.717, 1.165) is 19.3 Å². The van der Waals surface area contributed by atoms with Gasteiger partial charge in [-0.3, -0.25) is 34.4 Å². The second-order valence-electron chi connectivity index (χ2n) is 17.8. The van der Waals surface area contributed by atoms with Crippen molar-refractivity contribution >= 4 is 41.5 Å². The number of aliphatic imine (C=N–C) groups is 1. The lowest BCUT2D eigenvalue weighted by Crippen LogP contribution is -2.58. The van der Waals surface area contributed by atoms with Gasteiger partial charge in [0.15, 0.2) is 6.04 Å². The van der Waals surface area contributed by atoms with Gasteiger partial charge >= 0.3 is 6.09 Å². The molecule has 0 radical (unpaired) electrons. The van der Waals surface area contributed by atoms with Gasteiger partial charge in [-0.05, 0) is 77.8 Å². The molecule has 7 N–H and O–H groups in total. The summed E-state index contributed by atoms with van der Waals surface area (Å²) in [5.41, 5.74) is -0.631. The van der Waals surface area contributed by atoms with E-state index in [0.29, 0.717) is 41.4 Å². The maximum atomic E-state index is 13.8. The molecule has 1 saturated heterocycles. The second-order valence-corrected chi connectivity index (χ2v) is 17.8. The molecule has 0 unspecified atom stereocenters. The number of carbonyl (C=O) groups excluding carboxylic acids is 6. The van der Waals surface area contributed by atoms with Crippen molar-refractivity contribution in [2.24, 2.45) is 4.99 Å². The Morgan fingerprint density at radius 3 is 2.16 bits per heavy atom. The first kappa shape index (κ1) is 53.4. The third kappa shape index (κ3) is 20.2. The largest absolute Gasteiger partial charge is 0.507 e. The number of ether oxygens (including phenoxy) is 2. The number of phenols is 1. The number of para-hydroxylation sites is 1. The summed E-state index contributed by atoms with van der Waals surface area (Å²) in [6.07, 6.45) is 16.6. The van der Waals surface area contributed by atoms with Gasteiger partial charge in [0.2, 0.25) is 29.5 Å². The van der Waals surface area contributed by atoms with Crippen LogP contribution in [0, 0.1) is 0 Å². The number of phenolic OH excluding ortho intramolecular Hbond substituents is 1. The fourth-order valence-electron chi connectivity index (χ4n) is 7.42. The van der Waals surface area contributed by atoms with Gasteiger partial charge in [-0.25, -0.2) is 19.9 Å². The Bertz CT molecular complexity index is 1670. The van der Waals surface area contributed by atoms with Crippen LogP contribution in [0.1, 0.15) is 162 Å². The molecule has 1 aromatic rings. The fraction of sp³-hybridized carbons (Fsp3) is 0.717. The van der Waals surface area contributed by atoms with Gasteiger partial charge in [0.1, 0.15) is 36.1 Å². The summed E-state index contributed by atoms with van der Waals surface area (Å²) in [6, 6.07) is 1.59. The lowest BCUT2D eigenvalue weighted by Gasteiger charge is -2.26. The molecule has 0 spiro atoms. The number of nitrogens with zero attached hydrogens (tertiary/aromatic N) is 3. The molecule has 0 saturated carbocycles. The Balaban J connectivity index is 1.58. The van der Waals surface area contributed by atoms with E-state index in [-0.39, 0.29) is 62.9 Å². The summed E-state index contributed by atoms with van der Waals surface area (Å²) in [4.78, 5) is 83.4. The van der Waals surface area contributed by atoms with Crippen LogP contribution in [-0.2, 0) is 33.4 Å². The molecule has 3 rings (SSSR count). The van der Waals surface area contributed by atoms with Crippen molar-refractivity contribution < 1.29 is 53.8 Å². The summed E-state index contributed by atoms with van der Waals surface area (Å²) in [7, 11) is 0. The number of amides is 6. The Morgan fingerprint density at radius 2 is 1.52 bits per heavy atom. The Labute approximate surface area is 378 Å². The van der Waals surface area contributed by atoms with Gasteiger partial charge < -0.3 is 35.8 Å². The molecule has 18 heteroatoms. The average Bonchev–Trinajstić information content (AvgIpc) is 3.69. The first-order chi connectivity index (χ1) is 30.6. The number of rotatable bonds is 28. The van der Waals surface area contributed by atoms with Crippen LogP contribution in [0.3, 0.4) is 0 Å². The highest BCUT2D eigenvalue weighted by Crippen LogP contribution is 2.21. The molecule has 2 heterocycles. The van der Waals surface area contributed by atoms with Crippen molar-refractivity contribution in [2.75, 3.05) is 26.2 Å². The van der Waals surface area contributed by atoms with Gasteiger partial charge in [-0.1, -0.05) is 96.1 Å². The summed E-state index contributed by atoms with van der Waals surface area (Å²) in [6.45, 7) is 6.62. The average molecular weight is 902 g/mol. The zero-order valence-electron chi connectivity index (χ0n) is 38.5. The number of benzene rings is 1. The topological polar surface area (TPSA) is 249 Å². The molecular weight excluding hydrogens is 827 g/mol. The van der Waals surface area contributed by atoms with Crippen molar-refractivity contribution in [3.63, 3.8) is 0 Å². The molecule has 0 bridgehead atoms. The first-order valence-corrected chi connectivity index (χ1v) is 23.5. The van der Waals surface area contributed by atoms with Crippen LogP contribution in [0.2, 0.25) is 0 Å². The van der Waals surface area contributed by atoms with E-state index < -0.39 is 66.0 Å². The molecule has 2 aliphatic rings. The fourth-order valence-corrected chi connectivity index (χ4v) is 7.42. The van der Waals surface area contributed by atoms with Crippen LogP contribution in [-0.4, -0.2) is 123 Å². The molecule has 6 amide bonds. The first-order valence-electron chi connectivity index (χ1n) is 23.5. The van der Waals surface area contributed by atoms with Crippen LogP contribution >= 0.6 is 0 Å². The number of carbonyl (C=O) groups is 6. The van der Waals surface area contributed by atoms with E-state index >= 15 is 0 Å². The lowest BCUT2D eigenvalue weighted by molar-refractivity contribution is -0.167. The summed E-state index contributed by atoms with van der Waals surface area (Å²) < 4.78 is 10.9. The standard InChI is InChI=1S/C46H75N7O11/c1-5-6-7-8-9-10-11-12-13-14-15-16-17-28-39(55)52(61)29-22-20-25-34(48-42(58)37-32-63-43(50-37)33-24-18-19-27-38(33)54)40(56)47-31-36(51-45(60)64-46(2,3)4)41(57)49-35-26-21-23-30-53(62)44(35)59/h18-19,24,27,34-37,54,61-62H,5-17,20-23,25-26,28-32H2,1-4H3,(H,47,56)(H,48,58)(H,49,57)(H,51,60)/t34-,35-,36-,37-/m0/s1. The molecule has 0 aromatic heterocycles. The zero-order chi connectivity index (χ0) is 46.9. The predicted octanol–water partition coefficient (Wildman–Crippen LogP) is 5.79. The SMILES string of the molecule is CCCCCCCCCCCCCCCC(=O)N(O)CCCC[C@H](NC(=O)[C@@H]1COC(c2ccccc2O)=N1)C(=O)NC[C@H](NC(=O)OC(C)(C)C)C(=O)N[C@H]1CCCCN(O)C1=O. The van der Waals surface area contributed by atoms with E-state index in [1.54, 1.807) is 39.0 Å². The summed E-state index contributed by atoms with van der Waals surface area (Å²) >= 11 is 0. The summed E-state index contributed by atoms with van der Waals surface area (Å²) in [5.74, 6) is -3.30. The molecule has 2 aliphatic heterocycles. The van der Waals surface area contributed by atoms with E-state index in [4.69, 9.17) is 9.47 Å². The van der Waals surface area contributed by atoms with Crippen molar-refractivity contribution in [2.45, 2.75) is 186 Å². The molecule has 4 atom stereocenters. The Morgan fingerprint density at radius 1 is 0.875 bits per heavy atom. The van der Waals surface area contributed by atoms with Crippen LogP contribution in [0.4, 0.5) is 4.79 Å². The van der Waals surface area contributed by atoms with E-state index in [9.17, 15) is 44.3 Å². The second kappa shape index (κ2) is 28.7. The molecule has 64 heavy (non-hydrogen) atoms. The predicted molar refractivity (Wildman–Crippen MR) is 239 cm³/mol. The van der Waals surface area contributed by atoms with Crippen molar-refractivity contribution in [3.8, 4) is 5.75 Å².